The van der Waals surface area contributed by atoms with Crippen LogP contribution in [0.5, 0.6) is 0 Å². The Morgan fingerprint density at radius 3 is 2.62 bits per heavy atom. The third-order valence-corrected chi connectivity index (χ3v) is 4.00. The van der Waals surface area contributed by atoms with E-state index < -0.39 is 0 Å². The zero-order chi connectivity index (χ0) is 14.7. The van der Waals surface area contributed by atoms with E-state index in [1.807, 2.05) is 30.3 Å². The molecule has 2 aromatic carbocycles. The van der Waals surface area contributed by atoms with Crippen LogP contribution in [0.4, 0.5) is 0 Å². The summed E-state index contributed by atoms with van der Waals surface area (Å²) in [4.78, 5) is 11.7. The molecule has 3 nitrogen and oxygen atoms in total. The minimum absolute atomic E-state index is 0.275. The van der Waals surface area contributed by atoms with Gasteiger partial charge in [-0.25, -0.2) is 4.79 Å². The van der Waals surface area contributed by atoms with E-state index in [9.17, 15) is 4.79 Å². The highest BCUT2D eigenvalue weighted by molar-refractivity contribution is 5.90. The number of benzene rings is 2. The molecule has 1 fully saturated rings. The molecule has 0 aromatic heterocycles. The molecule has 1 aliphatic rings. The Kier molecular flexibility index (Phi) is 4.02. The number of carbonyl (C=O) groups is 1. The van der Waals surface area contributed by atoms with E-state index in [2.05, 4.69) is 29.6 Å². The average molecular weight is 281 g/mol. The maximum Gasteiger partial charge on any atom is 0.338 e. The van der Waals surface area contributed by atoms with E-state index in [-0.39, 0.29) is 5.97 Å². The molecule has 1 aliphatic carbocycles. The lowest BCUT2D eigenvalue weighted by molar-refractivity contribution is 0.0599. The standard InChI is InChI=1S/C18H19NO2/c1-21-18(20)15-10-6-5-9-14(15)12-19-17-11-16(17)13-7-3-2-4-8-13/h2-10,16-17,19H,11-12H2,1H3. The minimum Gasteiger partial charge on any atom is -0.465 e. The SMILES string of the molecule is COC(=O)c1ccccc1CNC1CC1c1ccccc1. The first-order valence-corrected chi connectivity index (χ1v) is 7.24. The van der Waals surface area contributed by atoms with Gasteiger partial charge in [-0.15, -0.1) is 0 Å². The van der Waals surface area contributed by atoms with E-state index in [1.165, 1.54) is 12.7 Å². The Morgan fingerprint density at radius 2 is 1.86 bits per heavy atom. The molecule has 0 amide bonds. The lowest BCUT2D eigenvalue weighted by atomic mass is 10.1. The van der Waals surface area contributed by atoms with Gasteiger partial charge in [-0.3, -0.25) is 0 Å². The monoisotopic (exact) mass is 281 g/mol. The Balaban J connectivity index is 1.61. The van der Waals surface area contributed by atoms with Crippen molar-refractivity contribution >= 4 is 5.97 Å². The summed E-state index contributed by atoms with van der Waals surface area (Å²) in [5.74, 6) is 0.319. The van der Waals surface area contributed by atoms with Crippen molar-refractivity contribution in [3.8, 4) is 0 Å². The Bertz CT molecular complexity index is 624. The lowest BCUT2D eigenvalue weighted by Crippen LogP contribution is -2.19. The summed E-state index contributed by atoms with van der Waals surface area (Å²) in [5, 5.41) is 3.53. The van der Waals surface area contributed by atoms with Crippen molar-refractivity contribution in [1.82, 2.24) is 5.32 Å². The number of methoxy groups -OCH3 is 1. The summed E-state index contributed by atoms with van der Waals surface area (Å²) in [6, 6.07) is 18.6. The van der Waals surface area contributed by atoms with Crippen molar-refractivity contribution in [2.45, 2.75) is 24.9 Å². The molecule has 3 heteroatoms. The third kappa shape index (κ3) is 3.14. The summed E-state index contributed by atoms with van der Waals surface area (Å²) in [6.45, 7) is 0.694. The molecule has 0 bridgehead atoms. The summed E-state index contributed by atoms with van der Waals surface area (Å²) >= 11 is 0. The molecule has 2 aromatic rings. The van der Waals surface area contributed by atoms with Gasteiger partial charge >= 0.3 is 5.97 Å². The molecule has 0 radical (unpaired) electrons. The van der Waals surface area contributed by atoms with Crippen LogP contribution in [0, 0.1) is 0 Å². The Hall–Kier alpha value is -2.13. The number of hydrogen-bond acceptors (Lipinski definition) is 3. The number of nitrogens with one attached hydrogen (secondary N) is 1. The maximum absolute atomic E-state index is 11.7. The van der Waals surface area contributed by atoms with Crippen molar-refractivity contribution in [3.05, 3.63) is 71.3 Å². The molecule has 1 N–H and O–H groups in total. The van der Waals surface area contributed by atoms with E-state index in [4.69, 9.17) is 4.74 Å². The molecular formula is C18H19NO2. The molecule has 2 unspecified atom stereocenters. The van der Waals surface area contributed by atoms with Gasteiger partial charge in [0.25, 0.3) is 0 Å². The first kappa shape index (κ1) is 13.8. The highest BCUT2D eigenvalue weighted by Crippen LogP contribution is 2.40. The number of esters is 1. The first-order valence-electron chi connectivity index (χ1n) is 7.24. The van der Waals surface area contributed by atoms with Crippen molar-refractivity contribution in [1.29, 1.82) is 0 Å². The fourth-order valence-electron chi connectivity index (χ4n) is 2.71. The summed E-state index contributed by atoms with van der Waals surface area (Å²) in [6.07, 6.45) is 1.16. The van der Waals surface area contributed by atoms with Gasteiger partial charge in [0.2, 0.25) is 0 Å². The van der Waals surface area contributed by atoms with E-state index >= 15 is 0 Å². The average Bonchev–Trinajstić information content (AvgIpc) is 3.33. The third-order valence-electron chi connectivity index (χ3n) is 4.00. The Labute approximate surface area is 124 Å². The fraction of sp³-hybridized carbons (Fsp3) is 0.278. The molecule has 108 valence electrons. The van der Waals surface area contributed by atoms with E-state index in [0.29, 0.717) is 24.1 Å². The lowest BCUT2D eigenvalue weighted by Gasteiger charge is -2.09. The van der Waals surface area contributed by atoms with Crippen LogP contribution in [-0.4, -0.2) is 19.1 Å². The normalized spacial score (nSPS) is 20.0. The molecule has 0 spiro atoms. The van der Waals surface area contributed by atoms with Crippen molar-refractivity contribution in [2.75, 3.05) is 7.11 Å². The van der Waals surface area contributed by atoms with Crippen LogP contribution in [0.3, 0.4) is 0 Å². The zero-order valence-corrected chi connectivity index (χ0v) is 12.1. The van der Waals surface area contributed by atoms with Crippen LogP contribution in [0.1, 0.15) is 33.8 Å². The second kappa shape index (κ2) is 6.10. The predicted molar refractivity (Wildman–Crippen MR) is 82.2 cm³/mol. The predicted octanol–water partition coefficient (Wildman–Crippen LogP) is 3.12. The van der Waals surface area contributed by atoms with Gasteiger partial charge in [-0.05, 0) is 23.6 Å². The zero-order valence-electron chi connectivity index (χ0n) is 12.1. The van der Waals surface area contributed by atoms with Crippen LogP contribution < -0.4 is 5.32 Å². The largest absolute Gasteiger partial charge is 0.465 e. The minimum atomic E-state index is -0.275. The van der Waals surface area contributed by atoms with Gasteiger partial charge in [0.15, 0.2) is 0 Å². The van der Waals surface area contributed by atoms with Crippen LogP contribution in [-0.2, 0) is 11.3 Å². The smallest absolute Gasteiger partial charge is 0.338 e. The summed E-state index contributed by atoms with van der Waals surface area (Å²) in [5.41, 5.74) is 3.02. The molecule has 1 saturated carbocycles. The second-order valence-electron chi connectivity index (χ2n) is 5.39. The van der Waals surface area contributed by atoms with Gasteiger partial charge < -0.3 is 10.1 Å². The highest BCUT2D eigenvalue weighted by Gasteiger charge is 2.37. The first-order chi connectivity index (χ1) is 10.3. The number of hydrogen-bond donors (Lipinski definition) is 1. The van der Waals surface area contributed by atoms with Gasteiger partial charge in [0, 0.05) is 18.5 Å². The molecular weight excluding hydrogens is 262 g/mol. The number of rotatable bonds is 5. The number of ether oxygens (including phenoxy) is 1. The van der Waals surface area contributed by atoms with E-state index in [0.717, 1.165) is 12.0 Å². The summed E-state index contributed by atoms with van der Waals surface area (Å²) < 4.78 is 4.82. The number of carbonyl (C=O) groups excluding carboxylic acids is 1. The van der Waals surface area contributed by atoms with Crippen LogP contribution in [0.25, 0.3) is 0 Å². The van der Waals surface area contributed by atoms with Gasteiger partial charge in [-0.2, -0.15) is 0 Å². The van der Waals surface area contributed by atoms with Crippen molar-refractivity contribution < 1.29 is 9.53 Å². The van der Waals surface area contributed by atoms with Crippen LogP contribution >= 0.6 is 0 Å². The molecule has 3 rings (SSSR count). The van der Waals surface area contributed by atoms with E-state index in [1.54, 1.807) is 0 Å². The molecule has 0 heterocycles. The van der Waals surface area contributed by atoms with Crippen LogP contribution in [0.15, 0.2) is 54.6 Å². The summed E-state index contributed by atoms with van der Waals surface area (Å²) in [7, 11) is 1.42. The molecule has 21 heavy (non-hydrogen) atoms. The van der Waals surface area contributed by atoms with Gasteiger partial charge in [-0.1, -0.05) is 48.5 Å². The second-order valence-corrected chi connectivity index (χ2v) is 5.39. The van der Waals surface area contributed by atoms with Gasteiger partial charge in [0.05, 0.1) is 12.7 Å². The van der Waals surface area contributed by atoms with Crippen LogP contribution in [0.2, 0.25) is 0 Å². The van der Waals surface area contributed by atoms with Crippen molar-refractivity contribution in [3.63, 3.8) is 0 Å². The molecule has 0 saturated heterocycles. The van der Waals surface area contributed by atoms with Crippen molar-refractivity contribution in [2.24, 2.45) is 0 Å². The maximum atomic E-state index is 11.7. The molecule has 2 atom stereocenters. The molecule has 0 aliphatic heterocycles. The quantitative estimate of drug-likeness (QED) is 0.856. The van der Waals surface area contributed by atoms with Gasteiger partial charge in [0.1, 0.15) is 0 Å². The topological polar surface area (TPSA) is 38.3 Å². The fourth-order valence-corrected chi connectivity index (χ4v) is 2.71. The Morgan fingerprint density at radius 1 is 1.14 bits per heavy atom. The highest BCUT2D eigenvalue weighted by atomic mass is 16.5.